The Bertz CT molecular complexity index is 452. The van der Waals surface area contributed by atoms with Crippen molar-refractivity contribution in [2.75, 3.05) is 40.8 Å². The summed E-state index contributed by atoms with van der Waals surface area (Å²) >= 11 is 0. The lowest BCUT2D eigenvalue weighted by Gasteiger charge is -2.27. The van der Waals surface area contributed by atoms with Gasteiger partial charge in [0.1, 0.15) is 19.2 Å². The largest absolute Gasteiger partial charge is 0.458 e. The first kappa shape index (κ1) is 14.0. The number of nitrogens with zero attached hydrogens (tertiary/aromatic N) is 1. The molecule has 0 amide bonds. The molecule has 0 fully saturated rings. The van der Waals surface area contributed by atoms with E-state index in [-0.39, 0.29) is 12.0 Å². The van der Waals surface area contributed by atoms with Gasteiger partial charge in [-0.2, -0.15) is 0 Å². The molecule has 1 aromatic rings. The molecule has 104 valence electrons. The normalized spacial score (nSPS) is 18.8. The predicted molar refractivity (Wildman–Crippen MR) is 74.7 cm³/mol. The van der Waals surface area contributed by atoms with Gasteiger partial charge in [0.2, 0.25) is 0 Å². The van der Waals surface area contributed by atoms with Crippen LogP contribution < -0.4 is 5.32 Å². The highest BCUT2D eigenvalue weighted by Gasteiger charge is 2.27. The molecular weight excluding hydrogens is 240 g/mol. The molecule has 1 aliphatic heterocycles. The van der Waals surface area contributed by atoms with Crippen molar-refractivity contribution in [1.29, 1.82) is 0 Å². The SMILES string of the molecule is C[N+](C)(C)CCOC(=O)C1NCCc2ccccc21. The van der Waals surface area contributed by atoms with E-state index >= 15 is 0 Å². The lowest BCUT2D eigenvalue weighted by molar-refractivity contribution is -0.870. The minimum Gasteiger partial charge on any atom is -0.458 e. The van der Waals surface area contributed by atoms with Gasteiger partial charge in [-0.25, -0.2) is 4.79 Å². The number of likely N-dealkylation sites (N-methyl/N-ethyl adjacent to an activating group) is 1. The number of quaternary nitrogens is 1. The minimum atomic E-state index is -0.308. The van der Waals surface area contributed by atoms with E-state index in [1.807, 2.05) is 18.2 Å². The van der Waals surface area contributed by atoms with Gasteiger partial charge >= 0.3 is 5.97 Å². The fourth-order valence-corrected chi connectivity index (χ4v) is 2.22. The molecule has 4 heteroatoms. The van der Waals surface area contributed by atoms with Gasteiger partial charge in [-0.15, -0.1) is 0 Å². The molecule has 1 aromatic carbocycles. The van der Waals surface area contributed by atoms with Crippen LogP contribution in [0.3, 0.4) is 0 Å². The molecule has 0 spiro atoms. The smallest absolute Gasteiger partial charge is 0.328 e. The third kappa shape index (κ3) is 3.78. The van der Waals surface area contributed by atoms with Crippen molar-refractivity contribution in [1.82, 2.24) is 5.32 Å². The summed E-state index contributed by atoms with van der Waals surface area (Å²) in [5.41, 5.74) is 2.30. The molecule has 19 heavy (non-hydrogen) atoms. The Morgan fingerprint density at radius 3 is 2.84 bits per heavy atom. The highest BCUT2D eigenvalue weighted by molar-refractivity contribution is 5.78. The van der Waals surface area contributed by atoms with E-state index in [0.717, 1.165) is 29.6 Å². The topological polar surface area (TPSA) is 38.3 Å². The molecule has 4 nitrogen and oxygen atoms in total. The Kier molecular flexibility index (Phi) is 4.22. The van der Waals surface area contributed by atoms with Crippen LogP contribution in [0.2, 0.25) is 0 Å². The molecule has 1 aliphatic rings. The van der Waals surface area contributed by atoms with Crippen molar-refractivity contribution in [2.45, 2.75) is 12.5 Å². The maximum absolute atomic E-state index is 12.2. The van der Waals surface area contributed by atoms with Crippen LogP contribution in [0, 0.1) is 0 Å². The molecule has 0 saturated heterocycles. The predicted octanol–water partition coefficient (Wildman–Crippen LogP) is 1.12. The first-order valence-electron chi connectivity index (χ1n) is 6.76. The van der Waals surface area contributed by atoms with Crippen LogP contribution in [0.4, 0.5) is 0 Å². The molecule has 1 heterocycles. The summed E-state index contributed by atoms with van der Waals surface area (Å²) in [6.45, 7) is 2.11. The molecular formula is C15H23N2O2+. The van der Waals surface area contributed by atoms with Crippen molar-refractivity contribution in [3.05, 3.63) is 35.4 Å². The second-order valence-corrected chi connectivity index (χ2v) is 6.02. The number of carbonyl (C=O) groups is 1. The standard InChI is InChI=1S/C15H23N2O2/c1-17(2,3)10-11-19-15(18)14-13-7-5-4-6-12(13)8-9-16-14/h4-7,14,16H,8-11H2,1-3H3/q+1. The van der Waals surface area contributed by atoms with E-state index in [1.165, 1.54) is 5.56 Å². The number of carbonyl (C=O) groups excluding carboxylic acids is 1. The van der Waals surface area contributed by atoms with Gasteiger partial charge in [0.15, 0.2) is 0 Å². The van der Waals surface area contributed by atoms with Crippen LogP contribution in [0.15, 0.2) is 24.3 Å². The van der Waals surface area contributed by atoms with Gasteiger partial charge in [0.05, 0.1) is 21.1 Å². The molecule has 1 unspecified atom stereocenters. The summed E-state index contributed by atoms with van der Waals surface area (Å²) in [7, 11) is 6.26. The van der Waals surface area contributed by atoms with E-state index in [1.54, 1.807) is 0 Å². The summed E-state index contributed by atoms with van der Waals surface area (Å²) < 4.78 is 6.19. The summed E-state index contributed by atoms with van der Waals surface area (Å²) in [5.74, 6) is -0.166. The summed E-state index contributed by atoms with van der Waals surface area (Å²) in [6.07, 6.45) is 0.971. The van der Waals surface area contributed by atoms with Crippen LogP contribution in [0.1, 0.15) is 17.2 Å². The number of esters is 1. The lowest BCUT2D eigenvalue weighted by Crippen LogP contribution is -2.40. The van der Waals surface area contributed by atoms with Crippen molar-refractivity contribution in [3.8, 4) is 0 Å². The quantitative estimate of drug-likeness (QED) is 0.653. The molecule has 0 bridgehead atoms. The maximum atomic E-state index is 12.2. The average Bonchev–Trinajstić information content (AvgIpc) is 2.36. The van der Waals surface area contributed by atoms with E-state index in [0.29, 0.717) is 6.61 Å². The second-order valence-electron chi connectivity index (χ2n) is 6.02. The molecule has 1 atom stereocenters. The zero-order valence-electron chi connectivity index (χ0n) is 12.0. The van der Waals surface area contributed by atoms with Crippen LogP contribution in [-0.2, 0) is 16.0 Å². The van der Waals surface area contributed by atoms with Gasteiger partial charge in [0, 0.05) is 6.54 Å². The molecule has 2 rings (SSSR count). The maximum Gasteiger partial charge on any atom is 0.328 e. The molecule has 0 saturated carbocycles. The number of ether oxygens (including phenoxy) is 1. The summed E-state index contributed by atoms with van der Waals surface area (Å²) in [4.78, 5) is 12.2. The van der Waals surface area contributed by atoms with Gasteiger partial charge in [-0.05, 0) is 17.5 Å². The Morgan fingerprint density at radius 1 is 1.37 bits per heavy atom. The van der Waals surface area contributed by atoms with Crippen LogP contribution >= 0.6 is 0 Å². The van der Waals surface area contributed by atoms with Crippen LogP contribution in [0.25, 0.3) is 0 Å². The Labute approximate surface area is 115 Å². The van der Waals surface area contributed by atoms with E-state index in [9.17, 15) is 4.79 Å². The number of fused-ring (bicyclic) bond motifs is 1. The zero-order chi connectivity index (χ0) is 13.9. The number of benzene rings is 1. The third-order valence-electron chi connectivity index (χ3n) is 3.35. The number of rotatable bonds is 4. The summed E-state index contributed by atoms with van der Waals surface area (Å²) in [5, 5.41) is 3.24. The third-order valence-corrected chi connectivity index (χ3v) is 3.35. The Hall–Kier alpha value is -1.39. The van der Waals surface area contributed by atoms with Crippen molar-refractivity contribution >= 4 is 5.97 Å². The fourth-order valence-electron chi connectivity index (χ4n) is 2.22. The molecule has 1 N–H and O–H groups in total. The first-order valence-corrected chi connectivity index (χ1v) is 6.76. The van der Waals surface area contributed by atoms with E-state index in [2.05, 4.69) is 32.5 Å². The average molecular weight is 263 g/mol. The van der Waals surface area contributed by atoms with Crippen molar-refractivity contribution < 1.29 is 14.0 Å². The minimum absolute atomic E-state index is 0.166. The second kappa shape index (κ2) is 5.72. The highest BCUT2D eigenvalue weighted by Crippen LogP contribution is 2.23. The summed E-state index contributed by atoms with van der Waals surface area (Å²) in [6, 6.07) is 7.77. The van der Waals surface area contributed by atoms with Crippen LogP contribution in [0.5, 0.6) is 0 Å². The Morgan fingerprint density at radius 2 is 2.11 bits per heavy atom. The number of hydrogen-bond acceptors (Lipinski definition) is 3. The van der Waals surface area contributed by atoms with E-state index in [4.69, 9.17) is 4.74 Å². The lowest BCUT2D eigenvalue weighted by atomic mass is 9.94. The zero-order valence-corrected chi connectivity index (χ0v) is 12.0. The van der Waals surface area contributed by atoms with Gasteiger partial charge in [0.25, 0.3) is 0 Å². The molecule has 0 radical (unpaired) electrons. The fraction of sp³-hybridized carbons (Fsp3) is 0.533. The van der Waals surface area contributed by atoms with Crippen molar-refractivity contribution in [3.63, 3.8) is 0 Å². The van der Waals surface area contributed by atoms with E-state index < -0.39 is 0 Å². The Balaban J connectivity index is 1.97. The van der Waals surface area contributed by atoms with Gasteiger partial charge in [-0.3, -0.25) is 0 Å². The van der Waals surface area contributed by atoms with Crippen LogP contribution in [-0.4, -0.2) is 51.3 Å². The highest BCUT2D eigenvalue weighted by atomic mass is 16.5. The van der Waals surface area contributed by atoms with Gasteiger partial charge in [-0.1, -0.05) is 24.3 Å². The number of hydrogen-bond donors (Lipinski definition) is 1. The number of nitrogens with one attached hydrogen (secondary N) is 1. The monoisotopic (exact) mass is 263 g/mol. The molecule has 0 aliphatic carbocycles. The van der Waals surface area contributed by atoms with Crippen molar-refractivity contribution in [2.24, 2.45) is 0 Å². The molecule has 0 aromatic heterocycles. The first-order chi connectivity index (χ1) is 8.97. The van der Waals surface area contributed by atoms with Gasteiger partial charge < -0.3 is 14.5 Å².